The van der Waals surface area contributed by atoms with E-state index in [2.05, 4.69) is 34.4 Å². The molecule has 5 nitrogen and oxygen atoms in total. The molecule has 1 atom stereocenters. The highest BCUT2D eigenvalue weighted by Crippen LogP contribution is 2.33. The number of pyridine rings is 1. The van der Waals surface area contributed by atoms with Crippen LogP contribution < -0.4 is 4.74 Å². The van der Waals surface area contributed by atoms with Gasteiger partial charge in [-0.3, -0.25) is 9.78 Å². The highest BCUT2D eigenvalue weighted by molar-refractivity contribution is 5.84. The number of carbonyl (C=O) groups is 1. The molecule has 1 aliphatic rings. The van der Waals surface area contributed by atoms with Crippen molar-refractivity contribution in [2.24, 2.45) is 0 Å². The second kappa shape index (κ2) is 7.20. The van der Waals surface area contributed by atoms with Crippen LogP contribution in [0.3, 0.4) is 0 Å². The predicted molar refractivity (Wildman–Crippen MR) is 101 cm³/mol. The molecule has 1 aromatic carbocycles. The van der Waals surface area contributed by atoms with Gasteiger partial charge in [0.2, 0.25) is 0 Å². The monoisotopic (exact) mass is 349 g/mol. The van der Waals surface area contributed by atoms with Crippen LogP contribution in [0.1, 0.15) is 31.2 Å². The molecular weight excluding hydrogens is 326 g/mol. The predicted octanol–water partition coefficient (Wildman–Crippen LogP) is 3.74. The van der Waals surface area contributed by atoms with Gasteiger partial charge >= 0.3 is 0 Å². The standard InChI is InChI=1S/C21H23N3O2/c1-15(26-17-5-4-10-22-13-17)21(25)24-11-8-16(9-12-24)19-14-23-20-7-3-2-6-18(19)20/h2-7,10,13-16,23H,8-9,11-12H2,1H3/t15-/m1/s1. The third-order valence-corrected chi connectivity index (χ3v) is 5.16. The normalized spacial score (nSPS) is 16.6. The van der Waals surface area contributed by atoms with E-state index < -0.39 is 6.10 Å². The fraction of sp³-hybridized carbons (Fsp3) is 0.333. The third kappa shape index (κ3) is 3.29. The maximum atomic E-state index is 12.7. The molecule has 0 saturated carbocycles. The van der Waals surface area contributed by atoms with Crippen LogP contribution in [0.4, 0.5) is 0 Å². The number of likely N-dealkylation sites (tertiary alicyclic amines) is 1. The van der Waals surface area contributed by atoms with E-state index in [1.807, 2.05) is 17.0 Å². The second-order valence-corrected chi connectivity index (χ2v) is 6.84. The van der Waals surface area contributed by atoms with E-state index in [-0.39, 0.29) is 5.91 Å². The zero-order chi connectivity index (χ0) is 17.9. The van der Waals surface area contributed by atoms with Gasteiger partial charge < -0.3 is 14.6 Å². The minimum absolute atomic E-state index is 0.0474. The fourth-order valence-corrected chi connectivity index (χ4v) is 3.77. The Morgan fingerprint density at radius 1 is 1.23 bits per heavy atom. The first kappa shape index (κ1) is 16.6. The molecule has 134 valence electrons. The van der Waals surface area contributed by atoms with Crippen LogP contribution in [0, 0.1) is 0 Å². The number of piperidine rings is 1. The van der Waals surface area contributed by atoms with Gasteiger partial charge in [-0.15, -0.1) is 0 Å². The highest BCUT2D eigenvalue weighted by atomic mass is 16.5. The number of hydrogen-bond donors (Lipinski definition) is 1. The molecule has 1 fully saturated rings. The first-order valence-corrected chi connectivity index (χ1v) is 9.14. The molecule has 26 heavy (non-hydrogen) atoms. The van der Waals surface area contributed by atoms with E-state index in [1.165, 1.54) is 16.5 Å². The second-order valence-electron chi connectivity index (χ2n) is 6.84. The minimum Gasteiger partial charge on any atom is -0.479 e. The van der Waals surface area contributed by atoms with Gasteiger partial charge in [0.15, 0.2) is 6.10 Å². The largest absolute Gasteiger partial charge is 0.479 e. The molecule has 0 bridgehead atoms. The van der Waals surface area contributed by atoms with Crippen molar-refractivity contribution < 1.29 is 9.53 Å². The van der Waals surface area contributed by atoms with Gasteiger partial charge in [0.05, 0.1) is 6.20 Å². The van der Waals surface area contributed by atoms with Crippen LogP contribution in [0.5, 0.6) is 5.75 Å². The van der Waals surface area contributed by atoms with Crippen molar-refractivity contribution >= 4 is 16.8 Å². The number of aromatic amines is 1. The molecule has 5 heteroatoms. The van der Waals surface area contributed by atoms with Crippen molar-refractivity contribution in [3.05, 3.63) is 60.6 Å². The minimum atomic E-state index is -0.496. The quantitative estimate of drug-likeness (QED) is 0.781. The molecule has 4 rings (SSSR count). The molecule has 3 aromatic rings. The lowest BCUT2D eigenvalue weighted by atomic mass is 9.89. The first-order chi connectivity index (χ1) is 12.7. The summed E-state index contributed by atoms with van der Waals surface area (Å²) in [6.45, 7) is 3.34. The molecule has 0 spiro atoms. The molecule has 1 amide bonds. The number of benzene rings is 1. The Morgan fingerprint density at radius 2 is 2.04 bits per heavy atom. The van der Waals surface area contributed by atoms with Gasteiger partial charge in [-0.1, -0.05) is 18.2 Å². The van der Waals surface area contributed by atoms with Crippen LogP contribution >= 0.6 is 0 Å². The van der Waals surface area contributed by atoms with Gasteiger partial charge in [-0.25, -0.2) is 0 Å². The average Bonchev–Trinajstić information content (AvgIpc) is 3.12. The zero-order valence-corrected chi connectivity index (χ0v) is 14.9. The topological polar surface area (TPSA) is 58.2 Å². The van der Waals surface area contributed by atoms with Crippen LogP contribution in [0.15, 0.2) is 55.0 Å². The van der Waals surface area contributed by atoms with Crippen molar-refractivity contribution in [3.8, 4) is 5.75 Å². The van der Waals surface area contributed by atoms with Crippen molar-refractivity contribution in [2.45, 2.75) is 31.8 Å². The Bertz CT molecular complexity index is 882. The summed E-state index contributed by atoms with van der Waals surface area (Å²) in [4.78, 5) is 22.0. The number of hydrogen-bond acceptors (Lipinski definition) is 3. The maximum absolute atomic E-state index is 12.7. The number of fused-ring (bicyclic) bond motifs is 1. The summed E-state index contributed by atoms with van der Waals surface area (Å²) in [6.07, 6.45) is 6.91. The Labute approximate surface area is 153 Å². The van der Waals surface area contributed by atoms with Gasteiger partial charge in [-0.2, -0.15) is 0 Å². The Balaban J connectivity index is 1.38. The SMILES string of the molecule is C[C@@H](Oc1cccnc1)C(=O)N1CCC(c2c[nH]c3ccccc23)CC1. The van der Waals surface area contributed by atoms with Crippen molar-refractivity contribution in [1.29, 1.82) is 0 Å². The van der Waals surface area contributed by atoms with Crippen LogP contribution in [0.25, 0.3) is 10.9 Å². The zero-order valence-electron chi connectivity index (χ0n) is 14.9. The number of carbonyl (C=O) groups excluding carboxylic acids is 1. The molecule has 1 N–H and O–H groups in total. The van der Waals surface area contributed by atoms with Crippen molar-refractivity contribution in [3.63, 3.8) is 0 Å². The van der Waals surface area contributed by atoms with Gasteiger partial charge in [0.25, 0.3) is 5.91 Å². The third-order valence-electron chi connectivity index (χ3n) is 5.16. The lowest BCUT2D eigenvalue weighted by molar-refractivity contribution is -0.139. The number of ether oxygens (including phenoxy) is 1. The summed E-state index contributed by atoms with van der Waals surface area (Å²) < 4.78 is 5.73. The summed E-state index contributed by atoms with van der Waals surface area (Å²) in [5, 5.41) is 1.30. The van der Waals surface area contributed by atoms with Crippen LogP contribution in [-0.4, -0.2) is 40.0 Å². The number of nitrogens with one attached hydrogen (secondary N) is 1. The Hall–Kier alpha value is -2.82. The number of para-hydroxylation sites is 1. The number of amides is 1. The summed E-state index contributed by atoms with van der Waals surface area (Å²) in [7, 11) is 0. The summed E-state index contributed by atoms with van der Waals surface area (Å²) >= 11 is 0. The molecule has 3 heterocycles. The van der Waals surface area contributed by atoms with Crippen molar-refractivity contribution in [2.75, 3.05) is 13.1 Å². The number of aromatic nitrogens is 2. The smallest absolute Gasteiger partial charge is 0.263 e. The molecule has 1 aliphatic heterocycles. The number of H-pyrrole nitrogens is 1. The van der Waals surface area contributed by atoms with Crippen LogP contribution in [-0.2, 0) is 4.79 Å². The lowest BCUT2D eigenvalue weighted by Gasteiger charge is -2.33. The van der Waals surface area contributed by atoms with E-state index in [4.69, 9.17) is 4.74 Å². The molecule has 1 saturated heterocycles. The highest BCUT2D eigenvalue weighted by Gasteiger charge is 2.28. The lowest BCUT2D eigenvalue weighted by Crippen LogP contribution is -2.44. The Morgan fingerprint density at radius 3 is 2.81 bits per heavy atom. The maximum Gasteiger partial charge on any atom is 0.263 e. The van der Waals surface area contributed by atoms with Crippen LogP contribution in [0.2, 0.25) is 0 Å². The fourth-order valence-electron chi connectivity index (χ4n) is 3.77. The van der Waals surface area contributed by atoms with Gasteiger partial charge in [0.1, 0.15) is 5.75 Å². The molecule has 0 aliphatic carbocycles. The molecule has 2 aromatic heterocycles. The van der Waals surface area contributed by atoms with Gasteiger partial charge in [-0.05, 0) is 49.4 Å². The number of rotatable bonds is 4. The molecule has 0 unspecified atom stereocenters. The number of nitrogens with zero attached hydrogens (tertiary/aromatic N) is 2. The first-order valence-electron chi connectivity index (χ1n) is 9.14. The molecule has 0 radical (unpaired) electrons. The van der Waals surface area contributed by atoms with Gasteiger partial charge in [0, 0.05) is 36.4 Å². The van der Waals surface area contributed by atoms with E-state index >= 15 is 0 Å². The van der Waals surface area contributed by atoms with E-state index in [1.54, 1.807) is 25.4 Å². The summed E-state index contributed by atoms with van der Waals surface area (Å²) in [5.74, 6) is 1.16. The summed E-state index contributed by atoms with van der Waals surface area (Å²) in [6, 6.07) is 12.0. The van der Waals surface area contributed by atoms with Crippen molar-refractivity contribution in [1.82, 2.24) is 14.9 Å². The van der Waals surface area contributed by atoms with E-state index in [9.17, 15) is 4.79 Å². The Kier molecular flexibility index (Phi) is 4.61. The molecular formula is C21H23N3O2. The van der Waals surface area contributed by atoms with E-state index in [0.29, 0.717) is 11.7 Å². The van der Waals surface area contributed by atoms with E-state index in [0.717, 1.165) is 25.9 Å². The summed E-state index contributed by atoms with van der Waals surface area (Å²) in [5.41, 5.74) is 2.55. The average molecular weight is 349 g/mol.